The lowest BCUT2D eigenvalue weighted by Crippen LogP contribution is -2.21. The Morgan fingerprint density at radius 3 is 2.54 bits per heavy atom. The summed E-state index contributed by atoms with van der Waals surface area (Å²) in [5.74, 6) is -0.272. The highest BCUT2D eigenvalue weighted by Crippen LogP contribution is 2.19. The second-order valence-corrected chi connectivity index (χ2v) is 6.96. The van der Waals surface area contributed by atoms with Crippen molar-refractivity contribution in [3.8, 4) is 0 Å². The van der Waals surface area contributed by atoms with Gasteiger partial charge in [-0.05, 0) is 40.1 Å². The fourth-order valence-corrected chi connectivity index (χ4v) is 2.86. The van der Waals surface area contributed by atoms with Crippen molar-refractivity contribution in [2.45, 2.75) is 20.4 Å². The summed E-state index contributed by atoms with van der Waals surface area (Å²) in [6.45, 7) is 4.09. The first-order valence-electron chi connectivity index (χ1n) is 9.36. The average molecular weight is 372 g/mol. The Kier molecular flexibility index (Phi) is 6.22. The van der Waals surface area contributed by atoms with E-state index in [9.17, 15) is 9.59 Å². The number of amides is 2. The van der Waals surface area contributed by atoms with E-state index in [1.807, 2.05) is 74.5 Å². The Morgan fingerprint density at radius 1 is 0.964 bits per heavy atom. The molecule has 0 heterocycles. The van der Waals surface area contributed by atoms with Crippen LogP contribution < -0.4 is 10.6 Å². The molecule has 0 aliphatic heterocycles. The lowest BCUT2D eigenvalue weighted by molar-refractivity contribution is -0.119. The topological polar surface area (TPSA) is 58.2 Å². The van der Waals surface area contributed by atoms with E-state index in [1.54, 1.807) is 6.08 Å². The van der Waals surface area contributed by atoms with Crippen molar-refractivity contribution >= 4 is 34.4 Å². The lowest BCUT2D eigenvalue weighted by Gasteiger charge is -2.09. The molecule has 4 nitrogen and oxygen atoms in total. The molecule has 4 heteroatoms. The first-order chi connectivity index (χ1) is 13.5. The standard InChI is InChI=1S/C24H24N2O2/c1-17(2)24(28)26-21-11-5-7-18(15-21)16-25-23(27)14-13-20-10-6-9-19-8-3-4-12-22(19)20/h3-15,17H,16H2,1-2H3,(H,25,27)(H,26,28)/b14-13+. The van der Waals surface area contributed by atoms with Gasteiger partial charge in [0.15, 0.2) is 0 Å². The van der Waals surface area contributed by atoms with E-state index in [0.717, 1.165) is 27.6 Å². The molecule has 0 aliphatic carbocycles. The number of anilines is 1. The second kappa shape index (κ2) is 9.00. The van der Waals surface area contributed by atoms with Gasteiger partial charge in [-0.3, -0.25) is 9.59 Å². The molecule has 2 amide bonds. The normalized spacial score (nSPS) is 11.1. The Balaban J connectivity index is 1.61. The van der Waals surface area contributed by atoms with Crippen LogP contribution in [0, 0.1) is 5.92 Å². The van der Waals surface area contributed by atoms with E-state index < -0.39 is 0 Å². The first-order valence-corrected chi connectivity index (χ1v) is 9.36. The molecule has 0 atom stereocenters. The van der Waals surface area contributed by atoms with Crippen LogP contribution in [0.15, 0.2) is 72.8 Å². The van der Waals surface area contributed by atoms with Gasteiger partial charge in [0, 0.05) is 24.2 Å². The zero-order valence-corrected chi connectivity index (χ0v) is 16.1. The maximum absolute atomic E-state index is 12.2. The Labute approximate surface area is 165 Å². The number of fused-ring (bicyclic) bond motifs is 1. The Bertz CT molecular complexity index is 1020. The molecule has 28 heavy (non-hydrogen) atoms. The minimum absolute atomic E-state index is 0.0285. The molecule has 0 saturated heterocycles. The van der Waals surface area contributed by atoms with Gasteiger partial charge in [-0.25, -0.2) is 0 Å². The van der Waals surface area contributed by atoms with E-state index in [1.165, 1.54) is 0 Å². The van der Waals surface area contributed by atoms with Crippen LogP contribution in [0.5, 0.6) is 0 Å². The smallest absolute Gasteiger partial charge is 0.244 e. The van der Waals surface area contributed by atoms with Gasteiger partial charge in [0.05, 0.1) is 0 Å². The van der Waals surface area contributed by atoms with Crippen LogP contribution >= 0.6 is 0 Å². The van der Waals surface area contributed by atoms with Crippen LogP contribution in [0.25, 0.3) is 16.8 Å². The first kappa shape index (κ1) is 19.4. The fraction of sp³-hybridized carbons (Fsp3) is 0.167. The summed E-state index contributed by atoms with van der Waals surface area (Å²) < 4.78 is 0. The monoisotopic (exact) mass is 372 g/mol. The van der Waals surface area contributed by atoms with Crippen molar-refractivity contribution < 1.29 is 9.59 Å². The molecule has 142 valence electrons. The molecule has 2 N–H and O–H groups in total. The molecular weight excluding hydrogens is 348 g/mol. The maximum Gasteiger partial charge on any atom is 0.244 e. The highest BCUT2D eigenvalue weighted by Gasteiger charge is 2.07. The van der Waals surface area contributed by atoms with Crippen LogP contribution in [0.1, 0.15) is 25.0 Å². The Morgan fingerprint density at radius 2 is 1.71 bits per heavy atom. The van der Waals surface area contributed by atoms with E-state index in [-0.39, 0.29) is 17.7 Å². The third kappa shape index (κ3) is 5.07. The molecule has 3 rings (SSSR count). The number of nitrogens with one attached hydrogen (secondary N) is 2. The molecule has 3 aromatic rings. The van der Waals surface area contributed by atoms with E-state index >= 15 is 0 Å². The lowest BCUT2D eigenvalue weighted by atomic mass is 10.0. The summed E-state index contributed by atoms with van der Waals surface area (Å²) in [5.41, 5.74) is 2.66. The average Bonchev–Trinajstić information content (AvgIpc) is 2.71. The van der Waals surface area contributed by atoms with Crippen molar-refractivity contribution in [3.63, 3.8) is 0 Å². The van der Waals surface area contributed by atoms with Crippen molar-refractivity contribution in [3.05, 3.63) is 83.9 Å². The predicted molar refractivity (Wildman–Crippen MR) is 115 cm³/mol. The molecule has 0 saturated carbocycles. The van der Waals surface area contributed by atoms with Gasteiger partial charge in [0.1, 0.15) is 0 Å². The molecule has 0 fully saturated rings. The molecule has 0 bridgehead atoms. The molecule has 0 aromatic heterocycles. The summed E-state index contributed by atoms with van der Waals surface area (Å²) in [6.07, 6.45) is 3.38. The van der Waals surface area contributed by atoms with Crippen molar-refractivity contribution in [2.24, 2.45) is 5.92 Å². The van der Waals surface area contributed by atoms with Crippen molar-refractivity contribution in [1.82, 2.24) is 5.32 Å². The zero-order valence-electron chi connectivity index (χ0n) is 16.1. The van der Waals surface area contributed by atoms with Crippen LogP contribution in [0.4, 0.5) is 5.69 Å². The van der Waals surface area contributed by atoms with Gasteiger partial charge in [-0.1, -0.05) is 68.4 Å². The summed E-state index contributed by atoms with van der Waals surface area (Å²) in [7, 11) is 0. The van der Waals surface area contributed by atoms with Crippen LogP contribution in [0.2, 0.25) is 0 Å². The molecule has 0 unspecified atom stereocenters. The summed E-state index contributed by atoms with van der Waals surface area (Å²) >= 11 is 0. The van der Waals surface area contributed by atoms with Crippen molar-refractivity contribution in [2.75, 3.05) is 5.32 Å². The van der Waals surface area contributed by atoms with E-state index in [0.29, 0.717) is 6.54 Å². The molecule has 0 radical (unpaired) electrons. The minimum atomic E-state index is -0.162. The minimum Gasteiger partial charge on any atom is -0.348 e. The quantitative estimate of drug-likeness (QED) is 0.613. The molecular formula is C24H24N2O2. The summed E-state index contributed by atoms with van der Waals surface area (Å²) in [6, 6.07) is 21.6. The second-order valence-electron chi connectivity index (χ2n) is 6.96. The number of carbonyl (C=O) groups is 2. The van der Waals surface area contributed by atoms with Gasteiger partial charge >= 0.3 is 0 Å². The highest BCUT2D eigenvalue weighted by atomic mass is 16.2. The summed E-state index contributed by atoms with van der Waals surface area (Å²) in [4.78, 5) is 24.0. The fourth-order valence-electron chi connectivity index (χ4n) is 2.86. The molecule has 3 aromatic carbocycles. The number of rotatable bonds is 6. The van der Waals surface area contributed by atoms with E-state index in [4.69, 9.17) is 0 Å². The third-order valence-corrected chi connectivity index (χ3v) is 4.42. The Hall–Kier alpha value is -3.40. The van der Waals surface area contributed by atoms with Gasteiger partial charge in [0.25, 0.3) is 0 Å². The maximum atomic E-state index is 12.2. The van der Waals surface area contributed by atoms with Gasteiger partial charge in [-0.2, -0.15) is 0 Å². The number of hydrogen-bond acceptors (Lipinski definition) is 2. The largest absolute Gasteiger partial charge is 0.348 e. The predicted octanol–water partition coefficient (Wildman–Crippen LogP) is 4.76. The van der Waals surface area contributed by atoms with Gasteiger partial charge in [0.2, 0.25) is 11.8 Å². The van der Waals surface area contributed by atoms with Crippen molar-refractivity contribution in [1.29, 1.82) is 0 Å². The number of benzene rings is 3. The highest BCUT2D eigenvalue weighted by molar-refractivity contribution is 5.96. The van der Waals surface area contributed by atoms with Gasteiger partial charge in [-0.15, -0.1) is 0 Å². The van der Waals surface area contributed by atoms with Crippen LogP contribution in [-0.4, -0.2) is 11.8 Å². The van der Waals surface area contributed by atoms with E-state index in [2.05, 4.69) is 22.8 Å². The van der Waals surface area contributed by atoms with Crippen LogP contribution in [-0.2, 0) is 16.1 Å². The number of hydrogen-bond donors (Lipinski definition) is 2. The molecule has 0 aliphatic rings. The zero-order chi connectivity index (χ0) is 19.9. The molecule has 0 spiro atoms. The van der Waals surface area contributed by atoms with Gasteiger partial charge < -0.3 is 10.6 Å². The summed E-state index contributed by atoms with van der Waals surface area (Å²) in [5, 5.41) is 8.01. The van der Waals surface area contributed by atoms with Crippen LogP contribution in [0.3, 0.4) is 0 Å². The number of carbonyl (C=O) groups excluding carboxylic acids is 2. The third-order valence-electron chi connectivity index (χ3n) is 4.42. The SMILES string of the molecule is CC(C)C(=O)Nc1cccc(CNC(=O)/C=C/c2cccc3ccccc23)c1.